The quantitative estimate of drug-likeness (QED) is 0.440. The number of nitrogens with one attached hydrogen (secondary N) is 1. The monoisotopic (exact) mass is 445 g/mol. The third-order valence-electron chi connectivity index (χ3n) is 4.99. The summed E-state index contributed by atoms with van der Waals surface area (Å²) in [5.74, 6) is 0.987. The zero-order valence-corrected chi connectivity index (χ0v) is 16.9. The number of aliphatic imine (C=N–C) groups is 1. The lowest BCUT2D eigenvalue weighted by Crippen LogP contribution is -2.41. The maximum atomic E-state index is 5.62. The summed E-state index contributed by atoms with van der Waals surface area (Å²) in [5, 5.41) is 3.51. The Labute approximate surface area is 161 Å². The molecule has 24 heavy (non-hydrogen) atoms. The lowest BCUT2D eigenvalue weighted by atomic mass is 9.87. The molecule has 1 spiro atoms. The summed E-state index contributed by atoms with van der Waals surface area (Å²) in [6.45, 7) is 5.32. The fourth-order valence-electron chi connectivity index (χ4n) is 3.62. The van der Waals surface area contributed by atoms with E-state index in [2.05, 4.69) is 39.5 Å². The number of rotatable bonds is 4. The third-order valence-corrected chi connectivity index (χ3v) is 4.99. The van der Waals surface area contributed by atoms with Gasteiger partial charge in [-0.1, -0.05) is 24.3 Å². The Morgan fingerprint density at radius 2 is 2.12 bits per heavy atom. The van der Waals surface area contributed by atoms with Crippen LogP contribution in [0, 0.1) is 5.41 Å². The molecule has 3 rings (SSSR count). The summed E-state index contributed by atoms with van der Waals surface area (Å²) in [7, 11) is 3.59. The fourth-order valence-corrected chi connectivity index (χ4v) is 3.62. The first-order valence-electron chi connectivity index (χ1n) is 8.35. The number of methoxy groups -OCH3 is 1. The molecule has 1 aromatic rings. The highest BCUT2D eigenvalue weighted by atomic mass is 127. The Bertz CT molecular complexity index is 559. The molecular formula is C18H28IN3O2. The molecule has 0 bridgehead atoms. The summed E-state index contributed by atoms with van der Waals surface area (Å²) < 4.78 is 10.9. The smallest absolute Gasteiger partial charge is 0.193 e. The number of hydrogen-bond acceptors (Lipinski definition) is 3. The Morgan fingerprint density at radius 3 is 2.79 bits per heavy atom. The lowest BCUT2D eigenvalue weighted by Gasteiger charge is -2.25. The van der Waals surface area contributed by atoms with Gasteiger partial charge in [0.2, 0.25) is 0 Å². The molecule has 0 amide bonds. The van der Waals surface area contributed by atoms with Crippen molar-refractivity contribution < 1.29 is 9.47 Å². The molecule has 134 valence electrons. The van der Waals surface area contributed by atoms with Crippen LogP contribution >= 0.6 is 24.0 Å². The molecule has 2 saturated heterocycles. The van der Waals surface area contributed by atoms with E-state index in [1.54, 1.807) is 7.11 Å². The van der Waals surface area contributed by atoms with Gasteiger partial charge in [-0.25, -0.2) is 0 Å². The molecule has 2 fully saturated rings. The van der Waals surface area contributed by atoms with Crippen LogP contribution in [0.15, 0.2) is 29.3 Å². The van der Waals surface area contributed by atoms with Crippen molar-refractivity contribution in [1.82, 2.24) is 10.2 Å². The van der Waals surface area contributed by atoms with Crippen LogP contribution in [0.2, 0.25) is 0 Å². The van der Waals surface area contributed by atoms with Gasteiger partial charge in [0.05, 0.1) is 13.2 Å². The largest absolute Gasteiger partial charge is 0.381 e. The summed E-state index contributed by atoms with van der Waals surface area (Å²) in [6.07, 6.45) is 2.38. The van der Waals surface area contributed by atoms with E-state index < -0.39 is 0 Å². The normalized spacial score (nSPS) is 23.6. The molecule has 0 aromatic heterocycles. The van der Waals surface area contributed by atoms with Crippen molar-refractivity contribution in [3.8, 4) is 0 Å². The molecule has 2 aliphatic rings. The molecule has 6 heteroatoms. The topological polar surface area (TPSA) is 46.1 Å². The van der Waals surface area contributed by atoms with Gasteiger partial charge in [-0.3, -0.25) is 4.99 Å². The van der Waals surface area contributed by atoms with Crippen LogP contribution in [0.3, 0.4) is 0 Å². The predicted octanol–water partition coefficient (Wildman–Crippen LogP) is 2.64. The molecule has 0 radical (unpaired) electrons. The molecule has 1 aromatic carbocycles. The van der Waals surface area contributed by atoms with Crippen LogP contribution in [-0.2, 0) is 22.6 Å². The van der Waals surface area contributed by atoms with Crippen molar-refractivity contribution in [3.05, 3.63) is 35.4 Å². The van der Waals surface area contributed by atoms with E-state index >= 15 is 0 Å². The zero-order chi connectivity index (χ0) is 16.1. The molecule has 1 atom stereocenters. The van der Waals surface area contributed by atoms with E-state index in [1.165, 1.54) is 24.0 Å². The van der Waals surface area contributed by atoms with E-state index in [9.17, 15) is 0 Å². The van der Waals surface area contributed by atoms with Crippen LogP contribution in [0.25, 0.3) is 0 Å². The van der Waals surface area contributed by atoms with Crippen LogP contribution in [-0.4, -0.2) is 51.3 Å². The molecular weight excluding hydrogens is 417 g/mol. The molecule has 5 nitrogen and oxygen atoms in total. The van der Waals surface area contributed by atoms with Gasteiger partial charge < -0.3 is 19.7 Å². The maximum absolute atomic E-state index is 5.62. The van der Waals surface area contributed by atoms with Gasteiger partial charge in [0.15, 0.2) is 5.96 Å². The first-order chi connectivity index (χ1) is 11.3. The summed E-state index contributed by atoms with van der Waals surface area (Å²) >= 11 is 0. The molecule has 0 saturated carbocycles. The summed E-state index contributed by atoms with van der Waals surface area (Å²) in [4.78, 5) is 6.84. The number of halogens is 1. The number of guanidine groups is 1. The van der Waals surface area contributed by atoms with Crippen LogP contribution in [0.4, 0.5) is 0 Å². The number of ether oxygens (including phenoxy) is 2. The van der Waals surface area contributed by atoms with Gasteiger partial charge >= 0.3 is 0 Å². The van der Waals surface area contributed by atoms with Gasteiger partial charge in [-0.15, -0.1) is 24.0 Å². The standard InChI is InChI=1S/C18H27N3O2.HI/c1-19-17(21-9-7-18(13-21)8-10-23-14-18)20-11-15-5-3-4-6-16(15)12-22-2;/h3-6H,7-14H2,1-2H3,(H,19,20);1H. The van der Waals surface area contributed by atoms with Crippen LogP contribution < -0.4 is 5.32 Å². The number of nitrogens with zero attached hydrogens (tertiary/aromatic N) is 2. The van der Waals surface area contributed by atoms with Crippen molar-refractivity contribution in [2.24, 2.45) is 10.4 Å². The minimum Gasteiger partial charge on any atom is -0.381 e. The van der Waals surface area contributed by atoms with Gasteiger partial charge in [0.1, 0.15) is 0 Å². The molecule has 2 heterocycles. The highest BCUT2D eigenvalue weighted by Crippen LogP contribution is 2.38. The van der Waals surface area contributed by atoms with Crippen molar-refractivity contribution in [2.45, 2.75) is 26.0 Å². The first-order valence-corrected chi connectivity index (χ1v) is 8.35. The van der Waals surface area contributed by atoms with Crippen LogP contribution in [0.1, 0.15) is 24.0 Å². The lowest BCUT2D eigenvalue weighted by molar-refractivity contribution is 0.156. The van der Waals surface area contributed by atoms with Gasteiger partial charge in [-0.2, -0.15) is 0 Å². The Morgan fingerprint density at radius 1 is 1.33 bits per heavy atom. The Hall–Kier alpha value is -0.860. The molecule has 2 aliphatic heterocycles. The average Bonchev–Trinajstić information content (AvgIpc) is 3.20. The Kier molecular flexibility index (Phi) is 7.31. The highest BCUT2D eigenvalue weighted by Gasteiger charge is 2.42. The van der Waals surface area contributed by atoms with Gasteiger partial charge in [-0.05, 0) is 24.0 Å². The average molecular weight is 445 g/mol. The molecule has 1 unspecified atom stereocenters. The SMILES string of the molecule is CN=C(NCc1ccccc1COC)N1CCC2(CCOC2)C1.I. The molecule has 0 aliphatic carbocycles. The summed E-state index contributed by atoms with van der Waals surface area (Å²) in [5.41, 5.74) is 2.83. The van der Waals surface area contributed by atoms with Crippen molar-refractivity contribution >= 4 is 29.9 Å². The number of hydrogen-bond donors (Lipinski definition) is 1. The second kappa shape index (κ2) is 9.01. The third kappa shape index (κ3) is 4.40. The predicted molar refractivity (Wildman–Crippen MR) is 107 cm³/mol. The summed E-state index contributed by atoms with van der Waals surface area (Å²) in [6, 6.07) is 8.38. The minimum absolute atomic E-state index is 0. The number of benzene rings is 1. The first kappa shape index (κ1) is 19.5. The molecule has 1 N–H and O–H groups in total. The highest BCUT2D eigenvalue weighted by molar-refractivity contribution is 14.0. The number of likely N-dealkylation sites (tertiary alicyclic amines) is 1. The van der Waals surface area contributed by atoms with Crippen LogP contribution in [0.5, 0.6) is 0 Å². The van der Waals surface area contributed by atoms with E-state index in [1.807, 2.05) is 7.05 Å². The maximum Gasteiger partial charge on any atom is 0.193 e. The second-order valence-electron chi connectivity index (χ2n) is 6.58. The Balaban J connectivity index is 0.00000208. The van der Waals surface area contributed by atoms with Crippen molar-refractivity contribution in [3.63, 3.8) is 0 Å². The van der Waals surface area contributed by atoms with E-state index in [-0.39, 0.29) is 24.0 Å². The van der Waals surface area contributed by atoms with Gasteiger partial charge in [0.25, 0.3) is 0 Å². The van der Waals surface area contributed by atoms with E-state index in [4.69, 9.17) is 9.47 Å². The van der Waals surface area contributed by atoms with Gasteiger partial charge in [0, 0.05) is 45.8 Å². The second-order valence-corrected chi connectivity index (χ2v) is 6.58. The van der Waals surface area contributed by atoms with E-state index in [0.717, 1.165) is 38.8 Å². The fraction of sp³-hybridized carbons (Fsp3) is 0.611. The van der Waals surface area contributed by atoms with Crippen molar-refractivity contribution in [1.29, 1.82) is 0 Å². The van der Waals surface area contributed by atoms with Crippen molar-refractivity contribution in [2.75, 3.05) is 40.5 Å². The zero-order valence-electron chi connectivity index (χ0n) is 14.6. The van der Waals surface area contributed by atoms with E-state index in [0.29, 0.717) is 12.0 Å². The minimum atomic E-state index is 0.